The van der Waals surface area contributed by atoms with Gasteiger partial charge in [-0.05, 0) is 13.8 Å². The summed E-state index contributed by atoms with van der Waals surface area (Å²) in [4.78, 5) is 24.6. The van der Waals surface area contributed by atoms with Crippen LogP contribution in [0.5, 0.6) is 0 Å². The molecular weight excluding hydrogens is 392 g/mol. The molecule has 2 saturated heterocycles. The second kappa shape index (κ2) is 9.53. The van der Waals surface area contributed by atoms with Gasteiger partial charge in [0.05, 0.1) is 6.61 Å². The van der Waals surface area contributed by atoms with E-state index in [1.165, 1.54) is 21.0 Å². The summed E-state index contributed by atoms with van der Waals surface area (Å²) >= 11 is 0. The third-order valence-corrected chi connectivity index (χ3v) is 4.77. The Balaban J connectivity index is 1.91. The standard InChI is InChI=1S/C22H26O8/c1-12(2)19(23)28-17-16-15(11-26-21(30-16)14-9-7-6-8-10-14)27-22(25-5)18(17)29-20(24)13(3)4/h6-10,15-18,21-22H,1,3,11H2,2,4-5H3/t15-,16-,17+,18-,21?,22+/m1/s1. The Kier molecular flexibility index (Phi) is 7.04. The summed E-state index contributed by atoms with van der Waals surface area (Å²) in [5.74, 6) is -1.30. The lowest BCUT2D eigenvalue weighted by Crippen LogP contribution is -2.64. The molecule has 2 fully saturated rings. The fourth-order valence-electron chi connectivity index (χ4n) is 3.22. The maximum Gasteiger partial charge on any atom is 0.333 e. The average molecular weight is 418 g/mol. The minimum absolute atomic E-state index is 0.173. The van der Waals surface area contributed by atoms with E-state index >= 15 is 0 Å². The summed E-state index contributed by atoms with van der Waals surface area (Å²) in [6, 6.07) is 9.33. The molecule has 0 saturated carbocycles. The summed E-state index contributed by atoms with van der Waals surface area (Å²) in [5.41, 5.74) is 1.18. The number of methoxy groups -OCH3 is 1. The van der Waals surface area contributed by atoms with E-state index in [1.54, 1.807) is 0 Å². The summed E-state index contributed by atoms with van der Waals surface area (Å²) in [6.45, 7) is 10.4. The molecule has 2 aliphatic rings. The van der Waals surface area contributed by atoms with Gasteiger partial charge in [0.1, 0.15) is 12.2 Å². The van der Waals surface area contributed by atoms with Crippen LogP contribution in [0.1, 0.15) is 25.7 Å². The van der Waals surface area contributed by atoms with Crippen molar-refractivity contribution in [3.8, 4) is 0 Å². The van der Waals surface area contributed by atoms with Crippen LogP contribution in [-0.2, 0) is 38.0 Å². The number of rotatable bonds is 6. The lowest BCUT2D eigenvalue weighted by Gasteiger charge is -2.47. The van der Waals surface area contributed by atoms with Gasteiger partial charge in [0.15, 0.2) is 24.8 Å². The minimum atomic E-state index is -1.07. The van der Waals surface area contributed by atoms with Crippen molar-refractivity contribution in [1.82, 2.24) is 0 Å². The lowest BCUT2D eigenvalue weighted by atomic mass is 9.97. The second-order valence-corrected chi connectivity index (χ2v) is 7.26. The molecule has 0 spiro atoms. The van der Waals surface area contributed by atoms with Crippen LogP contribution in [0.4, 0.5) is 0 Å². The normalized spacial score (nSPS) is 30.6. The molecule has 6 atom stereocenters. The van der Waals surface area contributed by atoms with Gasteiger partial charge in [0.25, 0.3) is 0 Å². The molecule has 8 heteroatoms. The van der Waals surface area contributed by atoms with E-state index < -0.39 is 48.9 Å². The first-order valence-corrected chi connectivity index (χ1v) is 9.55. The van der Waals surface area contributed by atoms with Gasteiger partial charge in [-0.3, -0.25) is 0 Å². The molecule has 0 radical (unpaired) electrons. The molecule has 0 N–H and O–H groups in total. The van der Waals surface area contributed by atoms with E-state index in [1.807, 2.05) is 30.3 Å². The highest BCUT2D eigenvalue weighted by Gasteiger charge is 2.54. The second-order valence-electron chi connectivity index (χ2n) is 7.26. The topological polar surface area (TPSA) is 89.5 Å². The van der Waals surface area contributed by atoms with Crippen molar-refractivity contribution < 1.29 is 38.0 Å². The number of hydrogen-bond acceptors (Lipinski definition) is 8. The van der Waals surface area contributed by atoms with Crippen LogP contribution in [0.25, 0.3) is 0 Å². The van der Waals surface area contributed by atoms with Gasteiger partial charge in [0.2, 0.25) is 0 Å². The fraction of sp³-hybridized carbons (Fsp3) is 0.455. The van der Waals surface area contributed by atoms with Gasteiger partial charge in [-0.25, -0.2) is 9.59 Å². The first kappa shape index (κ1) is 22.2. The maximum atomic E-state index is 12.3. The van der Waals surface area contributed by atoms with E-state index in [-0.39, 0.29) is 17.8 Å². The summed E-state index contributed by atoms with van der Waals surface area (Å²) in [7, 11) is 1.40. The number of hydrogen-bond donors (Lipinski definition) is 0. The van der Waals surface area contributed by atoms with Crippen molar-refractivity contribution in [3.63, 3.8) is 0 Å². The Morgan fingerprint density at radius 2 is 1.57 bits per heavy atom. The van der Waals surface area contributed by atoms with E-state index in [9.17, 15) is 9.59 Å². The molecule has 0 aromatic heterocycles. The SMILES string of the molecule is C=C(C)C(=O)O[C@@H]1[C@@H](OC(=O)C(=C)C)[C@@H](OC)O[C@@H]2COC(c3ccccc3)O[C@@H]12. The lowest BCUT2D eigenvalue weighted by molar-refractivity contribution is -0.359. The Morgan fingerprint density at radius 1 is 0.967 bits per heavy atom. The van der Waals surface area contributed by atoms with Crippen molar-refractivity contribution in [2.45, 2.75) is 50.8 Å². The van der Waals surface area contributed by atoms with Gasteiger partial charge in [-0.2, -0.15) is 0 Å². The van der Waals surface area contributed by atoms with E-state index in [0.29, 0.717) is 0 Å². The first-order valence-electron chi connectivity index (χ1n) is 9.55. The van der Waals surface area contributed by atoms with E-state index in [2.05, 4.69) is 13.2 Å². The maximum absolute atomic E-state index is 12.3. The predicted molar refractivity (Wildman–Crippen MR) is 105 cm³/mol. The molecule has 0 aliphatic carbocycles. The Hall–Kier alpha value is -2.52. The molecular formula is C22H26O8. The van der Waals surface area contributed by atoms with Crippen LogP contribution in [0.3, 0.4) is 0 Å². The zero-order valence-corrected chi connectivity index (χ0v) is 17.2. The van der Waals surface area contributed by atoms with E-state index in [0.717, 1.165) is 5.56 Å². The highest BCUT2D eigenvalue weighted by Crippen LogP contribution is 2.37. The van der Waals surface area contributed by atoms with Gasteiger partial charge >= 0.3 is 11.9 Å². The first-order chi connectivity index (χ1) is 14.3. The molecule has 0 bridgehead atoms. The quantitative estimate of drug-likeness (QED) is 0.514. The highest BCUT2D eigenvalue weighted by atomic mass is 16.8. The van der Waals surface area contributed by atoms with Crippen LogP contribution in [0.15, 0.2) is 54.6 Å². The molecule has 8 nitrogen and oxygen atoms in total. The molecule has 1 aromatic carbocycles. The molecule has 2 aliphatic heterocycles. The van der Waals surface area contributed by atoms with Gasteiger partial charge < -0.3 is 28.4 Å². The number of esters is 2. The summed E-state index contributed by atoms with van der Waals surface area (Å²) in [6.07, 6.45) is -5.12. The van der Waals surface area contributed by atoms with Crippen molar-refractivity contribution in [1.29, 1.82) is 0 Å². The predicted octanol–water partition coefficient (Wildman–Crippen LogP) is 2.45. The minimum Gasteiger partial charge on any atom is -0.452 e. The van der Waals surface area contributed by atoms with Crippen molar-refractivity contribution in [2.24, 2.45) is 0 Å². The van der Waals surface area contributed by atoms with Crippen molar-refractivity contribution >= 4 is 11.9 Å². The number of benzene rings is 1. The molecule has 1 unspecified atom stereocenters. The Labute approximate surface area is 175 Å². The van der Waals surface area contributed by atoms with Crippen LogP contribution >= 0.6 is 0 Å². The molecule has 162 valence electrons. The van der Waals surface area contributed by atoms with Gasteiger partial charge in [-0.1, -0.05) is 43.5 Å². The van der Waals surface area contributed by atoms with Crippen LogP contribution in [-0.4, -0.2) is 56.4 Å². The average Bonchev–Trinajstić information content (AvgIpc) is 2.74. The molecule has 3 rings (SSSR count). The number of carbonyl (C=O) groups excluding carboxylic acids is 2. The third kappa shape index (κ3) is 4.79. The van der Waals surface area contributed by atoms with Crippen LogP contribution in [0.2, 0.25) is 0 Å². The zero-order valence-electron chi connectivity index (χ0n) is 17.2. The van der Waals surface area contributed by atoms with Crippen molar-refractivity contribution in [2.75, 3.05) is 13.7 Å². The van der Waals surface area contributed by atoms with Gasteiger partial charge in [0, 0.05) is 23.8 Å². The molecule has 30 heavy (non-hydrogen) atoms. The third-order valence-electron chi connectivity index (χ3n) is 4.77. The Morgan fingerprint density at radius 3 is 2.13 bits per heavy atom. The largest absolute Gasteiger partial charge is 0.452 e. The van der Waals surface area contributed by atoms with Crippen molar-refractivity contribution in [3.05, 3.63) is 60.2 Å². The van der Waals surface area contributed by atoms with Crippen LogP contribution in [0, 0.1) is 0 Å². The summed E-state index contributed by atoms with van der Waals surface area (Å²) < 4.78 is 34.3. The van der Waals surface area contributed by atoms with Crippen LogP contribution < -0.4 is 0 Å². The molecule has 0 amide bonds. The highest BCUT2D eigenvalue weighted by molar-refractivity contribution is 5.88. The van der Waals surface area contributed by atoms with E-state index in [4.69, 9.17) is 28.4 Å². The van der Waals surface area contributed by atoms with Gasteiger partial charge in [-0.15, -0.1) is 0 Å². The monoisotopic (exact) mass is 418 g/mol. The molecule has 1 aromatic rings. The fourth-order valence-corrected chi connectivity index (χ4v) is 3.22. The smallest absolute Gasteiger partial charge is 0.333 e. The number of fused-ring (bicyclic) bond motifs is 1. The number of carbonyl (C=O) groups is 2. The Bertz CT molecular complexity index is 805. The zero-order chi connectivity index (χ0) is 21.8. The summed E-state index contributed by atoms with van der Waals surface area (Å²) in [5, 5.41) is 0. The molecule has 2 heterocycles. The number of ether oxygens (including phenoxy) is 6.